The van der Waals surface area contributed by atoms with Crippen LogP contribution in [0.2, 0.25) is 0 Å². The average Bonchev–Trinajstić information content (AvgIpc) is 2.49. The zero-order chi connectivity index (χ0) is 13.3. The highest BCUT2D eigenvalue weighted by atomic mass is 32.2. The highest BCUT2D eigenvalue weighted by molar-refractivity contribution is 7.98. The smallest absolute Gasteiger partial charge is 0.119 e. The second kappa shape index (κ2) is 7.87. The summed E-state index contributed by atoms with van der Waals surface area (Å²) >= 11 is 1.74. The maximum Gasteiger partial charge on any atom is 0.119 e. The van der Waals surface area contributed by atoms with Gasteiger partial charge in [-0.3, -0.25) is 0 Å². The van der Waals surface area contributed by atoms with Crippen molar-refractivity contribution in [1.82, 2.24) is 5.32 Å². The van der Waals surface area contributed by atoms with Crippen molar-refractivity contribution in [3.05, 3.63) is 60.2 Å². The average molecular weight is 273 g/mol. The van der Waals surface area contributed by atoms with Crippen molar-refractivity contribution in [2.75, 3.05) is 19.4 Å². The van der Waals surface area contributed by atoms with E-state index in [4.69, 9.17) is 4.74 Å². The predicted octanol–water partition coefficient (Wildman–Crippen LogP) is 3.58. The number of benzene rings is 2. The number of thioether (sulfide) groups is 1. The van der Waals surface area contributed by atoms with Crippen LogP contribution in [0.1, 0.15) is 5.56 Å². The van der Waals surface area contributed by atoms with E-state index in [0.717, 1.165) is 18.8 Å². The Labute approximate surface area is 119 Å². The van der Waals surface area contributed by atoms with E-state index in [1.165, 1.54) is 10.5 Å². The number of rotatable bonds is 7. The zero-order valence-corrected chi connectivity index (χ0v) is 12.0. The topological polar surface area (TPSA) is 21.3 Å². The van der Waals surface area contributed by atoms with E-state index < -0.39 is 0 Å². The highest BCUT2D eigenvalue weighted by Gasteiger charge is 1.95. The number of hydrogen-bond acceptors (Lipinski definition) is 3. The first-order valence-electron chi connectivity index (χ1n) is 6.40. The van der Waals surface area contributed by atoms with E-state index in [-0.39, 0.29) is 0 Å². The molecule has 0 saturated heterocycles. The molecule has 0 heterocycles. The monoisotopic (exact) mass is 273 g/mol. The molecule has 0 aliphatic rings. The first-order valence-corrected chi connectivity index (χ1v) is 7.62. The minimum absolute atomic E-state index is 0.686. The standard InChI is InChI=1S/C16H19NOS/c1-19-16-9-7-15(8-10-16)18-12-11-17-13-14-5-3-2-4-6-14/h2-10,17H,11-13H2,1H3. The number of nitrogens with one attached hydrogen (secondary N) is 1. The third kappa shape index (κ3) is 4.97. The first kappa shape index (κ1) is 14.0. The van der Waals surface area contributed by atoms with Crippen molar-refractivity contribution in [2.45, 2.75) is 11.4 Å². The minimum atomic E-state index is 0.686. The fourth-order valence-corrected chi connectivity index (χ4v) is 2.15. The molecular weight excluding hydrogens is 254 g/mol. The molecular formula is C16H19NOS. The summed E-state index contributed by atoms with van der Waals surface area (Å²) in [4.78, 5) is 1.26. The molecule has 0 aliphatic carbocycles. The van der Waals surface area contributed by atoms with Crippen molar-refractivity contribution >= 4 is 11.8 Å². The molecule has 3 heteroatoms. The van der Waals surface area contributed by atoms with Crippen molar-refractivity contribution in [2.24, 2.45) is 0 Å². The van der Waals surface area contributed by atoms with Gasteiger partial charge in [0.05, 0.1) is 0 Å². The van der Waals surface area contributed by atoms with Gasteiger partial charge in [0.25, 0.3) is 0 Å². The molecule has 2 nitrogen and oxygen atoms in total. The summed E-state index contributed by atoms with van der Waals surface area (Å²) in [7, 11) is 0. The van der Waals surface area contributed by atoms with Crippen LogP contribution < -0.4 is 10.1 Å². The zero-order valence-electron chi connectivity index (χ0n) is 11.1. The van der Waals surface area contributed by atoms with Gasteiger partial charge < -0.3 is 10.1 Å². The Kier molecular flexibility index (Phi) is 5.79. The Balaban J connectivity index is 1.63. The molecule has 100 valence electrons. The summed E-state index contributed by atoms with van der Waals surface area (Å²) in [5, 5.41) is 3.37. The van der Waals surface area contributed by atoms with Gasteiger partial charge in [0.15, 0.2) is 0 Å². The molecule has 0 fully saturated rings. The molecule has 0 saturated carbocycles. The Morgan fingerprint density at radius 2 is 1.74 bits per heavy atom. The first-order chi connectivity index (χ1) is 9.38. The second-order valence-electron chi connectivity index (χ2n) is 4.19. The Hall–Kier alpha value is -1.45. The lowest BCUT2D eigenvalue weighted by Gasteiger charge is -2.08. The minimum Gasteiger partial charge on any atom is -0.492 e. The maximum atomic E-state index is 5.67. The van der Waals surface area contributed by atoms with Gasteiger partial charge in [-0.1, -0.05) is 30.3 Å². The fraction of sp³-hybridized carbons (Fsp3) is 0.250. The number of hydrogen-bond donors (Lipinski definition) is 1. The van der Waals surface area contributed by atoms with E-state index >= 15 is 0 Å². The summed E-state index contributed by atoms with van der Waals surface area (Å²) in [6.07, 6.45) is 2.07. The molecule has 0 bridgehead atoms. The van der Waals surface area contributed by atoms with Crippen molar-refractivity contribution < 1.29 is 4.74 Å². The predicted molar refractivity (Wildman–Crippen MR) is 81.9 cm³/mol. The van der Waals surface area contributed by atoms with Crippen LogP contribution in [0, 0.1) is 0 Å². The molecule has 0 aromatic heterocycles. The van der Waals surface area contributed by atoms with Gasteiger partial charge in [0.1, 0.15) is 12.4 Å². The molecule has 0 aliphatic heterocycles. The molecule has 1 N–H and O–H groups in total. The lowest BCUT2D eigenvalue weighted by Crippen LogP contribution is -2.20. The number of ether oxygens (including phenoxy) is 1. The van der Waals surface area contributed by atoms with Crippen LogP contribution in [0.15, 0.2) is 59.5 Å². The molecule has 2 aromatic carbocycles. The summed E-state index contributed by atoms with van der Waals surface area (Å²) in [6, 6.07) is 18.6. The van der Waals surface area contributed by atoms with E-state index in [0.29, 0.717) is 6.61 Å². The van der Waals surface area contributed by atoms with Crippen LogP contribution in [-0.4, -0.2) is 19.4 Å². The van der Waals surface area contributed by atoms with Gasteiger partial charge in [-0.15, -0.1) is 11.8 Å². The van der Waals surface area contributed by atoms with E-state index in [2.05, 4.69) is 48.0 Å². The Morgan fingerprint density at radius 3 is 2.42 bits per heavy atom. The Bertz CT molecular complexity index is 470. The van der Waals surface area contributed by atoms with Crippen LogP contribution in [0.3, 0.4) is 0 Å². The largest absolute Gasteiger partial charge is 0.492 e. The van der Waals surface area contributed by atoms with Gasteiger partial charge in [0, 0.05) is 18.0 Å². The van der Waals surface area contributed by atoms with Crippen molar-refractivity contribution in [3.63, 3.8) is 0 Å². The lowest BCUT2D eigenvalue weighted by atomic mass is 10.2. The highest BCUT2D eigenvalue weighted by Crippen LogP contribution is 2.18. The van der Waals surface area contributed by atoms with E-state index in [1.807, 2.05) is 18.2 Å². The van der Waals surface area contributed by atoms with Crippen molar-refractivity contribution in [1.29, 1.82) is 0 Å². The molecule has 0 radical (unpaired) electrons. The van der Waals surface area contributed by atoms with E-state index in [9.17, 15) is 0 Å². The fourth-order valence-electron chi connectivity index (χ4n) is 1.74. The molecule has 0 amide bonds. The summed E-state index contributed by atoms with van der Waals surface area (Å²) < 4.78 is 5.67. The van der Waals surface area contributed by atoms with Crippen LogP contribution in [-0.2, 0) is 6.54 Å². The van der Waals surface area contributed by atoms with Gasteiger partial charge in [-0.05, 0) is 36.1 Å². The second-order valence-corrected chi connectivity index (χ2v) is 5.07. The molecule has 19 heavy (non-hydrogen) atoms. The molecule has 0 atom stereocenters. The lowest BCUT2D eigenvalue weighted by molar-refractivity contribution is 0.313. The van der Waals surface area contributed by atoms with Crippen LogP contribution in [0.25, 0.3) is 0 Å². The SMILES string of the molecule is CSc1ccc(OCCNCc2ccccc2)cc1. The molecule has 2 aromatic rings. The van der Waals surface area contributed by atoms with Gasteiger partial charge in [0.2, 0.25) is 0 Å². The normalized spacial score (nSPS) is 10.4. The molecule has 2 rings (SSSR count). The third-order valence-corrected chi connectivity index (χ3v) is 3.52. The van der Waals surface area contributed by atoms with Crippen LogP contribution in [0.4, 0.5) is 0 Å². The van der Waals surface area contributed by atoms with Gasteiger partial charge in [-0.25, -0.2) is 0 Å². The maximum absolute atomic E-state index is 5.67. The summed E-state index contributed by atoms with van der Waals surface area (Å²) in [5.41, 5.74) is 1.30. The van der Waals surface area contributed by atoms with Crippen LogP contribution >= 0.6 is 11.8 Å². The quantitative estimate of drug-likeness (QED) is 0.615. The molecule has 0 spiro atoms. The van der Waals surface area contributed by atoms with Crippen LogP contribution in [0.5, 0.6) is 5.75 Å². The molecule has 0 unspecified atom stereocenters. The summed E-state index contributed by atoms with van der Waals surface area (Å²) in [6.45, 7) is 2.42. The summed E-state index contributed by atoms with van der Waals surface area (Å²) in [5.74, 6) is 0.930. The van der Waals surface area contributed by atoms with Gasteiger partial charge >= 0.3 is 0 Å². The Morgan fingerprint density at radius 1 is 1.00 bits per heavy atom. The van der Waals surface area contributed by atoms with Gasteiger partial charge in [-0.2, -0.15) is 0 Å². The van der Waals surface area contributed by atoms with E-state index in [1.54, 1.807) is 11.8 Å². The third-order valence-electron chi connectivity index (χ3n) is 2.78. The van der Waals surface area contributed by atoms with Crippen molar-refractivity contribution in [3.8, 4) is 5.75 Å².